The number of hydrogen-bond donors (Lipinski definition) is 1. The Morgan fingerprint density at radius 2 is 1.96 bits per heavy atom. The number of rotatable bonds is 6. The number of hydrogen-bond acceptors (Lipinski definition) is 5. The summed E-state index contributed by atoms with van der Waals surface area (Å²) in [5.74, 6) is -0.649. The summed E-state index contributed by atoms with van der Waals surface area (Å²) in [7, 11) is 1.38. The number of benzene rings is 2. The molecule has 7 nitrogen and oxygen atoms in total. The van der Waals surface area contributed by atoms with Crippen LogP contribution in [0.3, 0.4) is 0 Å². The molecule has 0 fully saturated rings. The first kappa shape index (κ1) is 18.2. The molecule has 0 bridgehead atoms. The van der Waals surface area contributed by atoms with Gasteiger partial charge in [0.05, 0.1) is 18.1 Å². The van der Waals surface area contributed by atoms with Crippen LogP contribution in [0, 0.1) is 22.9 Å². The number of methoxy groups -OCH3 is 1. The van der Waals surface area contributed by atoms with Gasteiger partial charge in [0.25, 0.3) is 11.6 Å². The molecule has 0 radical (unpaired) electrons. The van der Waals surface area contributed by atoms with Crippen molar-refractivity contribution >= 4 is 17.3 Å². The molecule has 1 N–H and O–H groups in total. The monoisotopic (exact) mass is 348 g/mol. The van der Waals surface area contributed by atoms with Gasteiger partial charge in [0.1, 0.15) is 5.82 Å². The van der Waals surface area contributed by atoms with Crippen LogP contribution in [0.1, 0.15) is 12.5 Å². The smallest absolute Gasteiger partial charge is 0.273 e. The fraction of sp³-hybridized carbons (Fsp3) is 0.235. The number of nitro benzene ring substituents is 1. The van der Waals surface area contributed by atoms with Crippen LogP contribution >= 0.6 is 0 Å². The van der Waals surface area contributed by atoms with Crippen molar-refractivity contribution < 1.29 is 23.6 Å². The minimum atomic E-state index is -0.986. The fourth-order valence-corrected chi connectivity index (χ4v) is 2.03. The van der Waals surface area contributed by atoms with E-state index in [0.717, 1.165) is 0 Å². The van der Waals surface area contributed by atoms with Crippen molar-refractivity contribution in [2.45, 2.75) is 20.0 Å². The highest BCUT2D eigenvalue weighted by atomic mass is 19.1. The van der Waals surface area contributed by atoms with Gasteiger partial charge in [0.15, 0.2) is 17.6 Å². The van der Waals surface area contributed by atoms with Crippen LogP contribution < -0.4 is 14.8 Å². The van der Waals surface area contributed by atoms with E-state index >= 15 is 0 Å². The third-order valence-electron chi connectivity index (χ3n) is 3.47. The van der Waals surface area contributed by atoms with Crippen molar-refractivity contribution in [1.82, 2.24) is 0 Å². The molecule has 2 aromatic rings. The van der Waals surface area contributed by atoms with E-state index in [1.165, 1.54) is 38.3 Å². The molecule has 0 aliphatic heterocycles. The molecule has 0 saturated carbocycles. The van der Waals surface area contributed by atoms with Gasteiger partial charge in [-0.25, -0.2) is 4.39 Å². The molecule has 1 unspecified atom stereocenters. The van der Waals surface area contributed by atoms with Gasteiger partial charge >= 0.3 is 0 Å². The van der Waals surface area contributed by atoms with Crippen LogP contribution in [0.25, 0.3) is 0 Å². The maximum atomic E-state index is 13.5. The number of nitro groups is 1. The quantitative estimate of drug-likeness (QED) is 0.638. The molecule has 0 aliphatic carbocycles. The number of non-ortho nitro benzene ring substituents is 1. The highest BCUT2D eigenvalue weighted by molar-refractivity contribution is 5.94. The summed E-state index contributed by atoms with van der Waals surface area (Å²) in [6.45, 7) is 3.08. The number of nitrogens with one attached hydrogen (secondary N) is 1. The van der Waals surface area contributed by atoms with E-state index in [0.29, 0.717) is 5.56 Å². The van der Waals surface area contributed by atoms with Gasteiger partial charge in [-0.15, -0.1) is 0 Å². The summed E-state index contributed by atoms with van der Waals surface area (Å²) in [4.78, 5) is 22.5. The number of aryl methyl sites for hydroxylation is 1. The van der Waals surface area contributed by atoms with E-state index < -0.39 is 22.8 Å². The van der Waals surface area contributed by atoms with Crippen molar-refractivity contribution in [2.75, 3.05) is 12.4 Å². The normalized spacial score (nSPS) is 11.5. The average Bonchev–Trinajstić information content (AvgIpc) is 2.57. The number of anilines is 1. The minimum absolute atomic E-state index is 0.0643. The molecule has 1 amide bonds. The van der Waals surface area contributed by atoms with Gasteiger partial charge in [-0.2, -0.15) is 0 Å². The second kappa shape index (κ2) is 7.61. The van der Waals surface area contributed by atoms with Crippen LogP contribution in [-0.2, 0) is 4.79 Å². The van der Waals surface area contributed by atoms with Gasteiger partial charge in [-0.1, -0.05) is 6.07 Å². The van der Waals surface area contributed by atoms with Crippen LogP contribution in [0.5, 0.6) is 11.5 Å². The Kier molecular flexibility index (Phi) is 5.53. The van der Waals surface area contributed by atoms with E-state index in [1.54, 1.807) is 19.1 Å². The molecule has 0 heterocycles. The Morgan fingerprint density at radius 1 is 1.24 bits per heavy atom. The Balaban J connectivity index is 2.13. The summed E-state index contributed by atoms with van der Waals surface area (Å²) < 4.78 is 24.1. The van der Waals surface area contributed by atoms with Crippen molar-refractivity contribution in [2.24, 2.45) is 0 Å². The summed E-state index contributed by atoms with van der Waals surface area (Å²) in [6.07, 6.45) is -0.986. The van der Waals surface area contributed by atoms with E-state index in [2.05, 4.69) is 5.32 Å². The maximum Gasteiger partial charge on any atom is 0.273 e. The lowest BCUT2D eigenvalue weighted by Gasteiger charge is -2.16. The van der Waals surface area contributed by atoms with Gasteiger partial charge in [-0.3, -0.25) is 14.9 Å². The number of halogens is 1. The molecule has 0 spiro atoms. The second-order valence-corrected chi connectivity index (χ2v) is 5.31. The summed E-state index contributed by atoms with van der Waals surface area (Å²) in [6, 6.07) is 8.14. The van der Waals surface area contributed by atoms with Gasteiger partial charge in [0.2, 0.25) is 0 Å². The molecule has 0 aromatic heterocycles. The first-order valence-corrected chi connectivity index (χ1v) is 7.38. The molecule has 0 saturated heterocycles. The number of carbonyl (C=O) groups excluding carboxylic acids is 1. The molecule has 132 valence electrons. The molecular formula is C17H17FN2O5. The molecule has 2 rings (SSSR count). The van der Waals surface area contributed by atoms with Crippen LogP contribution in [0.15, 0.2) is 36.4 Å². The van der Waals surface area contributed by atoms with Gasteiger partial charge in [-0.05, 0) is 37.6 Å². The fourth-order valence-electron chi connectivity index (χ4n) is 2.03. The van der Waals surface area contributed by atoms with E-state index in [-0.39, 0.29) is 22.9 Å². The van der Waals surface area contributed by atoms with Crippen LogP contribution in [-0.4, -0.2) is 24.0 Å². The Morgan fingerprint density at radius 3 is 2.56 bits per heavy atom. The maximum absolute atomic E-state index is 13.5. The lowest BCUT2D eigenvalue weighted by Crippen LogP contribution is -2.30. The number of nitrogens with zero attached hydrogens (tertiary/aromatic N) is 1. The molecular weight excluding hydrogens is 331 g/mol. The van der Waals surface area contributed by atoms with E-state index in [9.17, 15) is 19.3 Å². The first-order chi connectivity index (χ1) is 11.8. The zero-order chi connectivity index (χ0) is 18.6. The second-order valence-electron chi connectivity index (χ2n) is 5.31. The molecule has 0 aliphatic rings. The van der Waals surface area contributed by atoms with Crippen molar-refractivity contribution in [3.63, 3.8) is 0 Å². The minimum Gasteiger partial charge on any atom is -0.493 e. The van der Waals surface area contributed by atoms with Crippen molar-refractivity contribution in [3.8, 4) is 11.5 Å². The van der Waals surface area contributed by atoms with E-state index in [1.807, 2.05) is 0 Å². The lowest BCUT2D eigenvalue weighted by molar-refractivity contribution is -0.385. The highest BCUT2D eigenvalue weighted by Crippen LogP contribution is 2.32. The Bertz CT molecular complexity index is 810. The largest absolute Gasteiger partial charge is 0.493 e. The predicted molar refractivity (Wildman–Crippen MR) is 89.5 cm³/mol. The zero-order valence-corrected chi connectivity index (χ0v) is 13.9. The summed E-state index contributed by atoms with van der Waals surface area (Å²) in [5.41, 5.74) is 0.558. The number of carbonyl (C=O) groups is 1. The van der Waals surface area contributed by atoms with Gasteiger partial charge in [0, 0.05) is 11.8 Å². The molecule has 1 atom stereocenters. The third-order valence-corrected chi connectivity index (χ3v) is 3.47. The van der Waals surface area contributed by atoms with Crippen LogP contribution in [0.2, 0.25) is 0 Å². The standard InChI is InChI=1S/C17H17FN2O5/c1-10-4-5-12(8-14(10)18)19-17(21)11(2)25-16-9-13(20(22)23)6-7-15(16)24-3/h4-9,11H,1-3H3,(H,19,21). The SMILES string of the molecule is COc1ccc([N+](=O)[O-])cc1OC(C)C(=O)Nc1ccc(C)c(F)c1. The third kappa shape index (κ3) is 4.43. The van der Waals surface area contributed by atoms with E-state index in [4.69, 9.17) is 9.47 Å². The van der Waals surface area contributed by atoms with Crippen LogP contribution in [0.4, 0.5) is 15.8 Å². The number of amides is 1. The Hall–Kier alpha value is -3.16. The molecule has 2 aromatic carbocycles. The topological polar surface area (TPSA) is 90.7 Å². The molecule has 25 heavy (non-hydrogen) atoms. The summed E-state index contributed by atoms with van der Waals surface area (Å²) in [5, 5.41) is 13.4. The highest BCUT2D eigenvalue weighted by Gasteiger charge is 2.20. The van der Waals surface area contributed by atoms with Crippen molar-refractivity contribution in [3.05, 3.63) is 57.9 Å². The average molecular weight is 348 g/mol. The number of ether oxygens (including phenoxy) is 2. The van der Waals surface area contributed by atoms with Gasteiger partial charge < -0.3 is 14.8 Å². The first-order valence-electron chi connectivity index (χ1n) is 7.38. The summed E-state index contributed by atoms with van der Waals surface area (Å²) >= 11 is 0. The Labute approximate surface area is 143 Å². The molecule has 8 heteroatoms. The zero-order valence-electron chi connectivity index (χ0n) is 13.9. The van der Waals surface area contributed by atoms with Crippen molar-refractivity contribution in [1.29, 1.82) is 0 Å². The predicted octanol–water partition coefficient (Wildman–Crippen LogP) is 3.46. The lowest BCUT2D eigenvalue weighted by atomic mass is 10.2.